The third-order valence-electron chi connectivity index (χ3n) is 6.33. The largest absolute Gasteiger partial charge is 0.463 e. The number of rotatable bonds is 5. The molecule has 0 aromatic carbocycles. The van der Waals surface area contributed by atoms with Crippen molar-refractivity contribution in [2.45, 2.75) is 57.6 Å². The molecule has 5 rings (SSSR count). The lowest BCUT2D eigenvalue weighted by molar-refractivity contribution is -0.177. The Bertz CT molecular complexity index is 767. The standard InChI is InChI=1S/C20H25NO6/c1-12(22)21-20-8-13-5-14(9-20)7-19(6-13,11-20)18(24)26-10-15-3-4-16(27-15)17(23)25-2/h3-4,13-14H,5-11H2,1-2H3,(H,21,22). The maximum Gasteiger partial charge on any atom is 0.373 e. The second kappa shape index (κ2) is 6.39. The zero-order valence-electron chi connectivity index (χ0n) is 15.7. The van der Waals surface area contributed by atoms with Crippen LogP contribution in [-0.2, 0) is 25.7 Å². The van der Waals surface area contributed by atoms with Crippen molar-refractivity contribution in [2.24, 2.45) is 17.3 Å². The van der Waals surface area contributed by atoms with Gasteiger partial charge in [0.25, 0.3) is 0 Å². The minimum Gasteiger partial charge on any atom is -0.463 e. The fourth-order valence-electron chi connectivity index (χ4n) is 5.98. The molecule has 4 aliphatic rings. The predicted octanol–water partition coefficient (Wildman–Crippen LogP) is 2.58. The molecule has 7 nitrogen and oxygen atoms in total. The molecule has 4 saturated carbocycles. The Morgan fingerprint density at radius 1 is 1.19 bits per heavy atom. The predicted molar refractivity (Wildman–Crippen MR) is 93.5 cm³/mol. The van der Waals surface area contributed by atoms with Gasteiger partial charge in [-0.05, 0) is 62.5 Å². The van der Waals surface area contributed by atoms with E-state index >= 15 is 0 Å². The lowest BCUT2D eigenvalue weighted by Gasteiger charge is -2.60. The summed E-state index contributed by atoms with van der Waals surface area (Å²) in [6.07, 6.45) is 5.36. The van der Waals surface area contributed by atoms with E-state index in [0.29, 0.717) is 24.0 Å². The number of ether oxygens (including phenoxy) is 2. The van der Waals surface area contributed by atoms with Crippen molar-refractivity contribution in [1.29, 1.82) is 0 Å². The molecule has 1 amide bonds. The molecule has 7 heteroatoms. The van der Waals surface area contributed by atoms with Crippen LogP contribution in [-0.4, -0.2) is 30.5 Å². The van der Waals surface area contributed by atoms with Gasteiger partial charge in [0.05, 0.1) is 12.5 Å². The number of carbonyl (C=O) groups excluding carboxylic acids is 3. The minimum absolute atomic E-state index is 0.0138. The molecular formula is C20H25NO6. The first-order valence-electron chi connectivity index (χ1n) is 9.46. The van der Waals surface area contributed by atoms with Crippen LogP contribution < -0.4 is 5.32 Å². The summed E-state index contributed by atoms with van der Waals surface area (Å²) < 4.78 is 15.6. The van der Waals surface area contributed by atoms with Crippen LogP contribution >= 0.6 is 0 Å². The molecule has 0 spiro atoms. The Balaban J connectivity index is 1.46. The van der Waals surface area contributed by atoms with Crippen LogP contribution in [0.1, 0.15) is 61.8 Å². The normalized spacial score (nSPS) is 33.6. The van der Waals surface area contributed by atoms with Crippen molar-refractivity contribution < 1.29 is 28.3 Å². The second-order valence-corrected chi connectivity index (χ2v) is 8.54. The number of hydrogen-bond acceptors (Lipinski definition) is 6. The summed E-state index contributed by atoms with van der Waals surface area (Å²) in [5.41, 5.74) is -0.790. The first-order valence-corrected chi connectivity index (χ1v) is 9.46. The van der Waals surface area contributed by atoms with E-state index in [1.165, 1.54) is 13.2 Å². The van der Waals surface area contributed by atoms with E-state index in [-0.39, 0.29) is 29.8 Å². The molecule has 1 aromatic rings. The monoisotopic (exact) mass is 375 g/mol. The number of furan rings is 1. The topological polar surface area (TPSA) is 94.8 Å². The van der Waals surface area contributed by atoms with E-state index in [1.54, 1.807) is 13.0 Å². The van der Waals surface area contributed by atoms with Crippen LogP contribution in [0.4, 0.5) is 0 Å². The van der Waals surface area contributed by atoms with Crippen LogP contribution in [0, 0.1) is 17.3 Å². The van der Waals surface area contributed by atoms with Gasteiger partial charge in [0, 0.05) is 12.5 Å². The molecule has 2 atom stereocenters. The third-order valence-corrected chi connectivity index (χ3v) is 6.33. The number of amides is 1. The Morgan fingerprint density at radius 3 is 2.52 bits per heavy atom. The van der Waals surface area contributed by atoms with Crippen LogP contribution in [0.5, 0.6) is 0 Å². The van der Waals surface area contributed by atoms with Crippen molar-refractivity contribution >= 4 is 17.8 Å². The zero-order chi connectivity index (χ0) is 19.2. The van der Waals surface area contributed by atoms with Gasteiger partial charge in [-0.3, -0.25) is 9.59 Å². The molecule has 0 aliphatic heterocycles. The van der Waals surface area contributed by atoms with Crippen molar-refractivity contribution in [3.8, 4) is 0 Å². The van der Waals surface area contributed by atoms with Crippen molar-refractivity contribution in [3.63, 3.8) is 0 Å². The van der Waals surface area contributed by atoms with Gasteiger partial charge in [-0.2, -0.15) is 0 Å². The van der Waals surface area contributed by atoms with Gasteiger partial charge in [-0.15, -0.1) is 0 Å². The van der Waals surface area contributed by atoms with Crippen molar-refractivity contribution in [3.05, 3.63) is 23.7 Å². The maximum atomic E-state index is 13.0. The van der Waals surface area contributed by atoms with E-state index in [9.17, 15) is 14.4 Å². The number of carbonyl (C=O) groups is 3. The van der Waals surface area contributed by atoms with Crippen LogP contribution in [0.25, 0.3) is 0 Å². The molecule has 4 fully saturated rings. The lowest BCUT2D eigenvalue weighted by Crippen LogP contribution is -2.64. The van der Waals surface area contributed by atoms with Crippen LogP contribution in [0.15, 0.2) is 16.5 Å². The number of nitrogens with one attached hydrogen (secondary N) is 1. The van der Waals surface area contributed by atoms with E-state index in [1.807, 2.05) is 0 Å². The smallest absolute Gasteiger partial charge is 0.373 e. The number of esters is 2. The molecule has 1 heterocycles. The van der Waals surface area contributed by atoms with Crippen molar-refractivity contribution in [2.75, 3.05) is 7.11 Å². The molecule has 146 valence electrons. The summed E-state index contributed by atoms with van der Waals surface area (Å²) in [6.45, 7) is 1.53. The molecule has 2 unspecified atom stereocenters. The highest BCUT2D eigenvalue weighted by molar-refractivity contribution is 5.86. The van der Waals surface area contributed by atoms with E-state index in [4.69, 9.17) is 9.15 Å². The highest BCUT2D eigenvalue weighted by Gasteiger charge is 2.61. The Kier molecular flexibility index (Phi) is 4.28. The quantitative estimate of drug-likeness (QED) is 0.795. The maximum absolute atomic E-state index is 13.0. The average molecular weight is 375 g/mol. The van der Waals surface area contributed by atoms with Gasteiger partial charge in [-0.25, -0.2) is 4.79 Å². The van der Waals surface area contributed by atoms with Gasteiger partial charge >= 0.3 is 11.9 Å². The SMILES string of the molecule is COC(=O)c1ccc(COC(=O)C23CC4CC(CC(NC(C)=O)(C4)C2)C3)o1. The van der Waals surface area contributed by atoms with E-state index < -0.39 is 11.4 Å². The molecule has 1 N–H and O–H groups in total. The highest BCUT2D eigenvalue weighted by Crippen LogP contribution is 2.62. The first-order chi connectivity index (χ1) is 12.8. The highest BCUT2D eigenvalue weighted by atomic mass is 16.6. The second-order valence-electron chi connectivity index (χ2n) is 8.54. The fourth-order valence-corrected chi connectivity index (χ4v) is 5.98. The molecule has 0 saturated heterocycles. The summed E-state index contributed by atoms with van der Waals surface area (Å²) in [7, 11) is 1.28. The Labute approximate surface area is 157 Å². The summed E-state index contributed by atoms with van der Waals surface area (Å²) in [4.78, 5) is 36.2. The van der Waals surface area contributed by atoms with Crippen LogP contribution in [0.3, 0.4) is 0 Å². The number of hydrogen-bond donors (Lipinski definition) is 1. The zero-order valence-corrected chi connectivity index (χ0v) is 15.7. The van der Waals surface area contributed by atoms with Gasteiger partial charge in [0.1, 0.15) is 12.4 Å². The summed E-state index contributed by atoms with van der Waals surface area (Å²) in [6, 6.07) is 3.11. The van der Waals surface area contributed by atoms with Gasteiger partial charge in [0.2, 0.25) is 11.7 Å². The molecule has 0 radical (unpaired) electrons. The van der Waals surface area contributed by atoms with Gasteiger partial charge in [-0.1, -0.05) is 0 Å². The summed E-state index contributed by atoms with van der Waals surface area (Å²) in [5.74, 6) is 0.591. The number of methoxy groups -OCH3 is 1. The van der Waals surface area contributed by atoms with E-state index in [2.05, 4.69) is 10.1 Å². The summed E-state index contributed by atoms with van der Waals surface area (Å²) in [5, 5.41) is 3.15. The summed E-state index contributed by atoms with van der Waals surface area (Å²) >= 11 is 0. The van der Waals surface area contributed by atoms with E-state index in [0.717, 1.165) is 32.1 Å². The van der Waals surface area contributed by atoms with Gasteiger partial charge < -0.3 is 19.2 Å². The van der Waals surface area contributed by atoms with Gasteiger partial charge in [0.15, 0.2) is 0 Å². The lowest BCUT2D eigenvalue weighted by atomic mass is 9.47. The van der Waals surface area contributed by atoms with Crippen molar-refractivity contribution in [1.82, 2.24) is 5.32 Å². The average Bonchev–Trinajstić information content (AvgIpc) is 3.05. The first kappa shape index (κ1) is 18.1. The molecule has 4 aliphatic carbocycles. The fraction of sp³-hybridized carbons (Fsp3) is 0.650. The molecule has 27 heavy (non-hydrogen) atoms. The third kappa shape index (κ3) is 3.24. The molecule has 4 bridgehead atoms. The Morgan fingerprint density at radius 2 is 1.89 bits per heavy atom. The molecular weight excluding hydrogens is 350 g/mol. The molecule has 1 aromatic heterocycles. The Hall–Kier alpha value is -2.31. The van der Waals surface area contributed by atoms with Crippen LogP contribution in [0.2, 0.25) is 0 Å². The minimum atomic E-state index is -0.564.